The van der Waals surface area contributed by atoms with E-state index >= 15 is 0 Å². The molecule has 0 aromatic carbocycles. The Balaban J connectivity index is 1.45. The maximum absolute atomic E-state index is 12.3. The fourth-order valence-electron chi connectivity index (χ4n) is 3.99. The van der Waals surface area contributed by atoms with E-state index in [9.17, 15) is 4.79 Å². The lowest BCUT2D eigenvalue weighted by Gasteiger charge is -2.16. The van der Waals surface area contributed by atoms with Gasteiger partial charge in [-0.2, -0.15) is 4.98 Å². The number of hydrogen-bond acceptors (Lipinski definition) is 7. The number of amides is 1. The summed E-state index contributed by atoms with van der Waals surface area (Å²) in [5.74, 6) is 1.94. The summed E-state index contributed by atoms with van der Waals surface area (Å²) in [4.78, 5) is 32.0. The predicted molar refractivity (Wildman–Crippen MR) is 114 cm³/mol. The average molecular weight is 443 g/mol. The molecule has 1 atom stereocenters. The van der Waals surface area contributed by atoms with Crippen molar-refractivity contribution in [2.45, 2.75) is 38.8 Å². The van der Waals surface area contributed by atoms with Crippen LogP contribution in [0.25, 0.3) is 22.6 Å². The number of methoxy groups -OCH3 is 1. The normalized spacial score (nSPS) is 18.5. The van der Waals surface area contributed by atoms with Crippen molar-refractivity contribution in [2.24, 2.45) is 5.92 Å². The third-order valence-corrected chi connectivity index (χ3v) is 6.01. The number of ether oxygens (including phenoxy) is 2. The molecule has 1 aliphatic heterocycles. The molecule has 162 valence electrons. The standard InChI is InChI=1S/C21H23ClN6O3/c1-3-28-17(13-8-15(22)19(30-2)23-9-13)26-16-18(28)24-11-25-20(16)31-14-6-7-27(10-14)21(29)12-4-5-12/h8-9,11-12,14H,3-7,10H2,1-2H3/t14-/m0/s1. The van der Waals surface area contributed by atoms with Crippen molar-refractivity contribution < 1.29 is 14.3 Å². The molecule has 0 spiro atoms. The molecule has 5 rings (SSSR count). The van der Waals surface area contributed by atoms with Gasteiger partial charge >= 0.3 is 0 Å². The van der Waals surface area contributed by atoms with Gasteiger partial charge < -0.3 is 18.9 Å². The first-order valence-corrected chi connectivity index (χ1v) is 10.8. The summed E-state index contributed by atoms with van der Waals surface area (Å²) in [7, 11) is 1.52. The van der Waals surface area contributed by atoms with Gasteiger partial charge in [0.1, 0.15) is 23.3 Å². The zero-order valence-corrected chi connectivity index (χ0v) is 18.2. The van der Waals surface area contributed by atoms with Gasteiger partial charge in [-0.25, -0.2) is 15.0 Å². The van der Waals surface area contributed by atoms with Crippen molar-refractivity contribution in [3.05, 3.63) is 23.6 Å². The summed E-state index contributed by atoms with van der Waals surface area (Å²) in [6.07, 6.45) is 5.85. The largest absolute Gasteiger partial charge is 0.480 e. The third-order valence-electron chi connectivity index (χ3n) is 5.74. The Bertz CT molecular complexity index is 1150. The minimum Gasteiger partial charge on any atom is -0.480 e. The highest BCUT2D eigenvalue weighted by atomic mass is 35.5. The summed E-state index contributed by atoms with van der Waals surface area (Å²) < 4.78 is 13.3. The number of nitrogens with zero attached hydrogens (tertiary/aromatic N) is 6. The van der Waals surface area contributed by atoms with Crippen LogP contribution in [0.3, 0.4) is 0 Å². The average Bonchev–Trinajstić information content (AvgIpc) is 3.40. The van der Waals surface area contributed by atoms with Gasteiger partial charge in [0, 0.05) is 37.2 Å². The maximum Gasteiger partial charge on any atom is 0.245 e. The van der Waals surface area contributed by atoms with Gasteiger partial charge in [-0.15, -0.1) is 0 Å². The molecule has 1 amide bonds. The lowest BCUT2D eigenvalue weighted by Crippen LogP contribution is -2.32. The van der Waals surface area contributed by atoms with Gasteiger partial charge in [-0.05, 0) is 25.8 Å². The van der Waals surface area contributed by atoms with E-state index in [4.69, 9.17) is 26.1 Å². The van der Waals surface area contributed by atoms with E-state index in [0.29, 0.717) is 46.9 Å². The van der Waals surface area contributed by atoms with Crippen LogP contribution in [-0.2, 0) is 11.3 Å². The van der Waals surface area contributed by atoms with E-state index in [1.165, 1.54) is 13.4 Å². The molecular weight excluding hydrogens is 420 g/mol. The number of carbonyl (C=O) groups is 1. The molecule has 1 aliphatic carbocycles. The van der Waals surface area contributed by atoms with E-state index in [-0.39, 0.29) is 17.9 Å². The molecule has 9 nitrogen and oxygen atoms in total. The van der Waals surface area contributed by atoms with Gasteiger partial charge in [-0.3, -0.25) is 4.79 Å². The molecule has 2 aliphatic rings. The van der Waals surface area contributed by atoms with Crippen molar-refractivity contribution in [3.8, 4) is 23.1 Å². The van der Waals surface area contributed by atoms with Crippen LogP contribution in [0.2, 0.25) is 5.02 Å². The maximum atomic E-state index is 12.3. The molecule has 3 aromatic rings. The molecule has 0 radical (unpaired) electrons. The van der Waals surface area contributed by atoms with E-state index in [1.54, 1.807) is 12.3 Å². The summed E-state index contributed by atoms with van der Waals surface area (Å²) in [5, 5.41) is 0.406. The van der Waals surface area contributed by atoms with E-state index in [1.807, 2.05) is 16.4 Å². The lowest BCUT2D eigenvalue weighted by molar-refractivity contribution is -0.131. The smallest absolute Gasteiger partial charge is 0.245 e. The van der Waals surface area contributed by atoms with Gasteiger partial charge in [0.25, 0.3) is 0 Å². The SMILES string of the molecule is CCn1c(-c2cnc(OC)c(Cl)c2)nc2c(O[C@H]3CCN(C(=O)C4CC4)C3)ncnc21. The highest BCUT2D eigenvalue weighted by Crippen LogP contribution is 2.34. The number of pyridine rings is 1. The topological polar surface area (TPSA) is 95.3 Å². The van der Waals surface area contributed by atoms with E-state index < -0.39 is 0 Å². The number of carbonyl (C=O) groups excluding carboxylic acids is 1. The zero-order chi connectivity index (χ0) is 21.5. The Morgan fingerprint density at radius 2 is 2.06 bits per heavy atom. The minimum atomic E-state index is -0.104. The van der Waals surface area contributed by atoms with Gasteiger partial charge in [-0.1, -0.05) is 11.6 Å². The predicted octanol–water partition coefficient (Wildman–Crippen LogP) is 2.96. The fraction of sp³-hybridized carbons (Fsp3) is 0.476. The second kappa shape index (κ2) is 7.96. The van der Waals surface area contributed by atoms with Crippen LogP contribution >= 0.6 is 11.6 Å². The summed E-state index contributed by atoms with van der Waals surface area (Å²) in [6, 6.07) is 1.77. The van der Waals surface area contributed by atoms with E-state index in [2.05, 4.69) is 15.0 Å². The molecule has 2 fully saturated rings. The van der Waals surface area contributed by atoms with Gasteiger partial charge in [0.2, 0.25) is 17.7 Å². The molecule has 1 saturated carbocycles. The first-order valence-electron chi connectivity index (χ1n) is 10.5. The Morgan fingerprint density at radius 1 is 1.23 bits per heavy atom. The lowest BCUT2D eigenvalue weighted by atomic mass is 10.2. The number of rotatable bonds is 6. The van der Waals surface area contributed by atoms with Crippen molar-refractivity contribution in [2.75, 3.05) is 20.2 Å². The number of aryl methyl sites for hydroxylation is 1. The third kappa shape index (κ3) is 3.67. The monoisotopic (exact) mass is 442 g/mol. The molecular formula is C21H23ClN6O3. The molecule has 0 unspecified atom stereocenters. The van der Waals surface area contributed by atoms with E-state index in [0.717, 1.165) is 31.4 Å². The van der Waals surface area contributed by atoms with Gasteiger partial charge in [0.15, 0.2) is 11.2 Å². The number of hydrogen-bond donors (Lipinski definition) is 0. The van der Waals surface area contributed by atoms with Crippen molar-refractivity contribution in [3.63, 3.8) is 0 Å². The molecule has 1 saturated heterocycles. The van der Waals surface area contributed by atoms with Crippen LogP contribution in [0.4, 0.5) is 0 Å². The van der Waals surface area contributed by atoms with Crippen LogP contribution in [0.1, 0.15) is 26.2 Å². The Labute approximate surface area is 184 Å². The fourth-order valence-corrected chi connectivity index (χ4v) is 4.23. The number of likely N-dealkylation sites (tertiary alicyclic amines) is 1. The number of imidazole rings is 1. The van der Waals surface area contributed by atoms with Crippen molar-refractivity contribution in [1.82, 2.24) is 29.4 Å². The zero-order valence-electron chi connectivity index (χ0n) is 17.4. The van der Waals surface area contributed by atoms with Crippen molar-refractivity contribution >= 4 is 28.7 Å². The Morgan fingerprint density at radius 3 is 2.77 bits per heavy atom. The molecule has 0 N–H and O–H groups in total. The van der Waals surface area contributed by atoms with Crippen LogP contribution in [0, 0.1) is 5.92 Å². The first-order chi connectivity index (χ1) is 15.1. The quantitative estimate of drug-likeness (QED) is 0.579. The van der Waals surface area contributed by atoms with Crippen LogP contribution < -0.4 is 9.47 Å². The molecule has 0 bridgehead atoms. The summed E-state index contributed by atoms with van der Waals surface area (Å²) in [6.45, 7) is 3.97. The van der Waals surface area contributed by atoms with Crippen LogP contribution in [0.15, 0.2) is 18.6 Å². The summed E-state index contributed by atoms with van der Waals surface area (Å²) in [5.41, 5.74) is 2.01. The molecule has 4 heterocycles. The number of aromatic nitrogens is 5. The second-order valence-corrected chi connectivity index (χ2v) is 8.24. The first kappa shape index (κ1) is 20.0. The highest BCUT2D eigenvalue weighted by Gasteiger charge is 2.37. The minimum absolute atomic E-state index is 0.104. The number of fused-ring (bicyclic) bond motifs is 1. The molecule has 10 heteroatoms. The van der Waals surface area contributed by atoms with Gasteiger partial charge in [0.05, 0.1) is 13.7 Å². The number of halogens is 1. The second-order valence-electron chi connectivity index (χ2n) is 7.83. The highest BCUT2D eigenvalue weighted by molar-refractivity contribution is 6.32. The molecule has 31 heavy (non-hydrogen) atoms. The van der Waals surface area contributed by atoms with Crippen LogP contribution in [-0.4, -0.2) is 61.6 Å². The summed E-state index contributed by atoms with van der Waals surface area (Å²) >= 11 is 6.27. The molecule has 3 aromatic heterocycles. The Hall–Kier alpha value is -2.94. The van der Waals surface area contributed by atoms with Crippen molar-refractivity contribution in [1.29, 1.82) is 0 Å². The van der Waals surface area contributed by atoms with Crippen LogP contribution in [0.5, 0.6) is 11.8 Å². The Kier molecular flexibility index (Phi) is 5.13.